The second kappa shape index (κ2) is 5.88. The van der Waals surface area contributed by atoms with Crippen molar-refractivity contribution in [1.29, 1.82) is 0 Å². The van der Waals surface area contributed by atoms with E-state index in [0.29, 0.717) is 6.61 Å². The monoisotopic (exact) mass is 319 g/mol. The Bertz CT molecular complexity index is 628. The van der Waals surface area contributed by atoms with E-state index in [1.54, 1.807) is 11.8 Å². The van der Waals surface area contributed by atoms with Gasteiger partial charge in [0.05, 0.1) is 5.57 Å². The number of esters is 1. The summed E-state index contributed by atoms with van der Waals surface area (Å²) in [5, 5.41) is 3.34. The minimum absolute atomic E-state index is 0.0259. The van der Waals surface area contributed by atoms with Gasteiger partial charge in [0.1, 0.15) is 12.4 Å². The number of hydrogen-bond donors (Lipinski definition) is 1. The molecule has 2 heterocycles. The van der Waals surface area contributed by atoms with Crippen LogP contribution >= 0.6 is 11.8 Å². The molecule has 22 heavy (non-hydrogen) atoms. The number of allylic oxidation sites excluding steroid dienone is 1. The number of thioether (sulfide) groups is 1. The Morgan fingerprint density at radius 2 is 2.27 bits per heavy atom. The lowest BCUT2D eigenvalue weighted by Crippen LogP contribution is -2.54. The summed E-state index contributed by atoms with van der Waals surface area (Å²) in [6.07, 6.45) is 2.73. The van der Waals surface area contributed by atoms with Crippen LogP contribution in [-0.4, -0.2) is 30.3 Å². The van der Waals surface area contributed by atoms with Gasteiger partial charge in [-0.1, -0.05) is 18.2 Å². The Labute approximate surface area is 135 Å². The summed E-state index contributed by atoms with van der Waals surface area (Å²) in [5.41, 5.74) is 2.18. The third-order valence-corrected chi connectivity index (χ3v) is 4.74. The van der Waals surface area contributed by atoms with Gasteiger partial charge in [-0.25, -0.2) is 4.79 Å². The van der Waals surface area contributed by atoms with E-state index in [1.165, 1.54) is 0 Å². The predicted octanol–water partition coefficient (Wildman–Crippen LogP) is 3.05. The maximum atomic E-state index is 12.5. The largest absolute Gasteiger partial charge is 0.468 e. The Morgan fingerprint density at radius 3 is 3.05 bits per heavy atom. The van der Waals surface area contributed by atoms with Crippen molar-refractivity contribution in [1.82, 2.24) is 5.32 Å². The van der Waals surface area contributed by atoms with Gasteiger partial charge in [-0.05, 0) is 26.2 Å². The van der Waals surface area contributed by atoms with Gasteiger partial charge < -0.3 is 14.8 Å². The van der Waals surface area contributed by atoms with Crippen LogP contribution in [0.2, 0.25) is 0 Å². The lowest BCUT2D eigenvalue weighted by atomic mass is 9.78. The van der Waals surface area contributed by atoms with E-state index in [-0.39, 0.29) is 11.9 Å². The molecule has 2 bridgehead atoms. The van der Waals surface area contributed by atoms with Crippen LogP contribution in [0.1, 0.15) is 31.7 Å². The molecular weight excluding hydrogens is 298 g/mol. The van der Waals surface area contributed by atoms with Crippen LogP contribution in [0, 0.1) is 0 Å². The topological polar surface area (TPSA) is 47.6 Å². The van der Waals surface area contributed by atoms with E-state index >= 15 is 0 Å². The van der Waals surface area contributed by atoms with Crippen molar-refractivity contribution in [3.8, 4) is 5.75 Å². The Hall–Kier alpha value is -1.62. The summed E-state index contributed by atoms with van der Waals surface area (Å²) < 4.78 is 11.5. The molecule has 0 aromatic heterocycles. The van der Waals surface area contributed by atoms with Crippen molar-refractivity contribution in [3.63, 3.8) is 0 Å². The first-order valence-electron chi connectivity index (χ1n) is 7.47. The molecule has 2 aliphatic rings. The lowest BCUT2D eigenvalue weighted by Gasteiger charge is -2.45. The van der Waals surface area contributed by atoms with Crippen LogP contribution in [0.3, 0.4) is 0 Å². The van der Waals surface area contributed by atoms with Crippen molar-refractivity contribution in [2.45, 2.75) is 31.9 Å². The quantitative estimate of drug-likeness (QED) is 0.683. The highest BCUT2D eigenvalue weighted by atomic mass is 32.2. The van der Waals surface area contributed by atoms with Gasteiger partial charge in [0, 0.05) is 29.4 Å². The average Bonchev–Trinajstić information content (AvgIpc) is 2.46. The number of carbonyl (C=O) groups is 1. The molecule has 1 aromatic carbocycles. The van der Waals surface area contributed by atoms with Crippen molar-refractivity contribution >= 4 is 17.7 Å². The number of nitrogens with one attached hydrogen (secondary N) is 1. The molecule has 0 saturated carbocycles. The number of hydrogen-bond acceptors (Lipinski definition) is 5. The summed E-state index contributed by atoms with van der Waals surface area (Å²) in [7, 11) is 0. The molecule has 2 unspecified atom stereocenters. The number of fused-ring (bicyclic) bond motifs is 4. The lowest BCUT2D eigenvalue weighted by molar-refractivity contribution is -0.139. The van der Waals surface area contributed by atoms with Gasteiger partial charge in [-0.2, -0.15) is 11.8 Å². The number of benzene rings is 1. The summed E-state index contributed by atoms with van der Waals surface area (Å²) in [6, 6.07) is 7.93. The van der Waals surface area contributed by atoms with E-state index in [4.69, 9.17) is 9.47 Å². The Morgan fingerprint density at radius 1 is 1.50 bits per heavy atom. The Kier molecular flexibility index (Phi) is 4.08. The molecular formula is C17H21NO3S. The molecule has 3 rings (SSSR count). The van der Waals surface area contributed by atoms with E-state index in [2.05, 4.69) is 5.32 Å². The second-order valence-corrected chi connectivity index (χ2v) is 6.91. The molecule has 1 N–H and O–H groups in total. The van der Waals surface area contributed by atoms with Gasteiger partial charge in [0.2, 0.25) is 0 Å². The molecule has 5 heteroatoms. The fraction of sp³-hybridized carbons (Fsp3) is 0.471. The van der Waals surface area contributed by atoms with Crippen LogP contribution in [0.25, 0.3) is 0 Å². The SMILES string of the molecule is CSCCOC(=O)C1=C(C)NC2(C)CC1c1ccccc1O2. The molecule has 1 aromatic rings. The average molecular weight is 319 g/mol. The molecule has 0 amide bonds. The number of ether oxygens (including phenoxy) is 2. The van der Waals surface area contributed by atoms with Crippen LogP contribution in [-0.2, 0) is 9.53 Å². The predicted molar refractivity (Wildman–Crippen MR) is 88.0 cm³/mol. The fourth-order valence-corrected chi connectivity index (χ4v) is 3.55. The molecule has 0 saturated heterocycles. The van der Waals surface area contributed by atoms with Gasteiger partial charge in [-0.15, -0.1) is 0 Å². The van der Waals surface area contributed by atoms with Crippen molar-refractivity contribution in [2.75, 3.05) is 18.6 Å². The molecule has 2 aliphatic heterocycles. The highest BCUT2D eigenvalue weighted by Gasteiger charge is 2.45. The summed E-state index contributed by atoms with van der Waals surface area (Å²) in [6.45, 7) is 4.39. The van der Waals surface area contributed by atoms with Gasteiger partial charge >= 0.3 is 5.97 Å². The van der Waals surface area contributed by atoms with Crippen LogP contribution in [0.15, 0.2) is 35.5 Å². The number of para-hydroxylation sites is 1. The minimum atomic E-state index is -0.466. The van der Waals surface area contributed by atoms with Crippen molar-refractivity contribution < 1.29 is 14.3 Å². The zero-order valence-corrected chi connectivity index (χ0v) is 14.0. The molecule has 4 nitrogen and oxygen atoms in total. The van der Waals surface area contributed by atoms with Crippen LogP contribution in [0.5, 0.6) is 5.75 Å². The van der Waals surface area contributed by atoms with Crippen molar-refractivity contribution in [3.05, 3.63) is 41.1 Å². The van der Waals surface area contributed by atoms with Gasteiger partial charge in [0.15, 0.2) is 5.72 Å². The fourth-order valence-electron chi connectivity index (χ4n) is 3.30. The molecule has 0 fully saturated rings. The number of carbonyl (C=O) groups excluding carboxylic acids is 1. The smallest absolute Gasteiger partial charge is 0.336 e. The highest BCUT2D eigenvalue weighted by molar-refractivity contribution is 7.98. The zero-order chi connectivity index (χ0) is 15.7. The van der Waals surface area contributed by atoms with Crippen molar-refractivity contribution in [2.24, 2.45) is 0 Å². The maximum Gasteiger partial charge on any atom is 0.336 e. The van der Waals surface area contributed by atoms with E-state index in [0.717, 1.165) is 34.8 Å². The van der Waals surface area contributed by atoms with E-state index < -0.39 is 5.72 Å². The summed E-state index contributed by atoms with van der Waals surface area (Å²) >= 11 is 1.67. The maximum absolute atomic E-state index is 12.5. The Balaban J connectivity index is 1.94. The first-order valence-corrected chi connectivity index (χ1v) is 8.86. The standard InChI is InChI=1S/C17H21NO3S/c1-11-15(16(19)20-8-9-22-3)13-10-17(2,18-11)21-14-7-5-4-6-12(13)14/h4-7,13,18H,8-10H2,1-3H3. The molecule has 2 atom stereocenters. The molecule has 0 radical (unpaired) electrons. The normalized spacial score (nSPS) is 25.9. The van der Waals surface area contributed by atoms with Gasteiger partial charge in [0.25, 0.3) is 0 Å². The van der Waals surface area contributed by atoms with E-state index in [9.17, 15) is 4.79 Å². The summed E-state index contributed by atoms with van der Waals surface area (Å²) in [4.78, 5) is 12.5. The summed E-state index contributed by atoms with van der Waals surface area (Å²) in [5.74, 6) is 1.46. The van der Waals surface area contributed by atoms with Crippen LogP contribution < -0.4 is 10.1 Å². The van der Waals surface area contributed by atoms with E-state index in [1.807, 2.05) is 44.4 Å². The third kappa shape index (κ3) is 2.70. The number of rotatable bonds is 4. The third-order valence-electron chi connectivity index (χ3n) is 4.17. The first-order chi connectivity index (χ1) is 10.5. The molecule has 0 aliphatic carbocycles. The molecule has 0 spiro atoms. The highest BCUT2D eigenvalue weighted by Crippen LogP contribution is 2.47. The van der Waals surface area contributed by atoms with Gasteiger partial charge in [-0.3, -0.25) is 0 Å². The minimum Gasteiger partial charge on any atom is -0.468 e. The first kappa shape index (κ1) is 15.3. The zero-order valence-electron chi connectivity index (χ0n) is 13.1. The van der Waals surface area contributed by atoms with Crippen LogP contribution in [0.4, 0.5) is 0 Å². The molecule has 118 valence electrons. The second-order valence-electron chi connectivity index (χ2n) is 5.92.